The van der Waals surface area contributed by atoms with E-state index in [1.54, 1.807) is 18.3 Å². The topological polar surface area (TPSA) is 69.5 Å². The maximum atomic E-state index is 13.0. The Labute approximate surface area is 181 Å². The van der Waals surface area contributed by atoms with E-state index in [9.17, 15) is 4.79 Å². The molecule has 1 amide bonds. The van der Waals surface area contributed by atoms with E-state index >= 15 is 0 Å². The van der Waals surface area contributed by atoms with Crippen LogP contribution in [0.3, 0.4) is 0 Å². The van der Waals surface area contributed by atoms with Gasteiger partial charge in [-0.1, -0.05) is 12.1 Å². The van der Waals surface area contributed by atoms with Gasteiger partial charge in [-0.15, -0.1) is 0 Å². The number of fused-ring (bicyclic) bond motifs is 4. The smallest absolute Gasteiger partial charge is 0.255 e. The van der Waals surface area contributed by atoms with Crippen molar-refractivity contribution in [3.63, 3.8) is 0 Å². The van der Waals surface area contributed by atoms with Gasteiger partial charge in [0.1, 0.15) is 17.0 Å². The van der Waals surface area contributed by atoms with E-state index in [4.69, 9.17) is 14.6 Å². The van der Waals surface area contributed by atoms with Gasteiger partial charge in [-0.2, -0.15) is 5.10 Å². The summed E-state index contributed by atoms with van der Waals surface area (Å²) in [6, 6.07) is 11.6. The number of hydrogen-bond acceptors (Lipinski definition) is 5. The van der Waals surface area contributed by atoms with Crippen molar-refractivity contribution < 1.29 is 14.3 Å². The molecule has 0 saturated carbocycles. The van der Waals surface area contributed by atoms with E-state index < -0.39 is 5.60 Å². The highest BCUT2D eigenvalue weighted by Crippen LogP contribution is 2.48. The number of likely N-dealkylation sites (tertiary alicyclic amines) is 1. The third kappa shape index (κ3) is 3.44. The van der Waals surface area contributed by atoms with E-state index in [1.165, 1.54) is 0 Å². The molecule has 0 bridgehead atoms. The molecule has 1 fully saturated rings. The van der Waals surface area contributed by atoms with Crippen LogP contribution in [0.5, 0.6) is 11.6 Å². The molecule has 2 aliphatic rings. The van der Waals surface area contributed by atoms with Gasteiger partial charge in [-0.3, -0.25) is 9.48 Å². The van der Waals surface area contributed by atoms with E-state index in [2.05, 4.69) is 11.2 Å². The zero-order valence-corrected chi connectivity index (χ0v) is 18.0. The summed E-state index contributed by atoms with van der Waals surface area (Å²) in [5, 5.41) is 4.71. The van der Waals surface area contributed by atoms with Crippen LogP contribution in [-0.2, 0) is 12.6 Å². The lowest BCUT2D eigenvalue weighted by Gasteiger charge is -2.44. The molecule has 1 spiro atoms. The summed E-state index contributed by atoms with van der Waals surface area (Å²) in [4.78, 5) is 19.2. The molecule has 3 aromatic rings. The molecule has 4 heterocycles. The molecule has 31 heavy (non-hydrogen) atoms. The van der Waals surface area contributed by atoms with Crippen molar-refractivity contribution in [1.82, 2.24) is 19.7 Å². The fourth-order valence-electron chi connectivity index (χ4n) is 4.48. The van der Waals surface area contributed by atoms with Crippen LogP contribution >= 0.6 is 0 Å². The summed E-state index contributed by atoms with van der Waals surface area (Å²) in [6.45, 7) is 5.12. The molecule has 7 nitrogen and oxygen atoms in total. The second-order valence-corrected chi connectivity index (χ2v) is 8.50. The molecule has 1 saturated heterocycles. The van der Waals surface area contributed by atoms with Crippen LogP contribution in [0.15, 0.2) is 48.8 Å². The normalized spacial score (nSPS) is 16.6. The van der Waals surface area contributed by atoms with Gasteiger partial charge in [-0.05, 0) is 32.0 Å². The van der Waals surface area contributed by atoms with Gasteiger partial charge in [-0.25, -0.2) is 4.98 Å². The van der Waals surface area contributed by atoms with Crippen molar-refractivity contribution >= 4 is 5.91 Å². The van der Waals surface area contributed by atoms with Crippen molar-refractivity contribution in [2.45, 2.75) is 38.4 Å². The monoisotopic (exact) mass is 418 g/mol. The molecule has 2 aliphatic heterocycles. The predicted octanol–water partition coefficient (Wildman–Crippen LogP) is 3.79. The van der Waals surface area contributed by atoms with Crippen LogP contribution in [0, 0.1) is 0 Å². The number of carbonyl (C=O) groups is 1. The Hall–Kier alpha value is -3.35. The van der Waals surface area contributed by atoms with Gasteiger partial charge in [0.05, 0.1) is 11.7 Å². The van der Waals surface area contributed by atoms with Crippen molar-refractivity contribution in [2.75, 3.05) is 13.1 Å². The van der Waals surface area contributed by atoms with E-state index in [0.29, 0.717) is 37.4 Å². The predicted molar refractivity (Wildman–Crippen MR) is 116 cm³/mol. The average molecular weight is 418 g/mol. The highest BCUT2D eigenvalue weighted by atomic mass is 16.5. The molecule has 1 aromatic carbocycles. The number of benzene rings is 1. The van der Waals surface area contributed by atoms with E-state index in [1.807, 2.05) is 54.7 Å². The minimum atomic E-state index is -0.456. The maximum absolute atomic E-state index is 13.0. The number of para-hydroxylation sites is 1. The molecular weight excluding hydrogens is 392 g/mol. The van der Waals surface area contributed by atoms with Gasteiger partial charge in [0.25, 0.3) is 5.91 Å². The second kappa shape index (κ2) is 7.41. The Balaban J connectivity index is 1.35. The standard InChI is InChI=1S/C24H26N4O3/c1-16(2)30-21-9-8-17(14-25-21)23(29)28-12-10-24(11-13-28)19-15-27(3)26-22(19)18-6-4-5-7-20(18)31-24/h4-9,14-16H,10-13H2,1-3H3. The number of pyridine rings is 1. The van der Waals surface area contributed by atoms with Crippen LogP contribution in [0.2, 0.25) is 0 Å². The fourth-order valence-corrected chi connectivity index (χ4v) is 4.48. The fraction of sp³-hybridized carbons (Fsp3) is 0.375. The molecule has 5 rings (SSSR count). The first-order valence-corrected chi connectivity index (χ1v) is 10.7. The van der Waals surface area contributed by atoms with Crippen LogP contribution in [0.4, 0.5) is 0 Å². The highest BCUT2D eigenvalue weighted by molar-refractivity contribution is 5.94. The number of hydrogen-bond donors (Lipinski definition) is 0. The first-order valence-electron chi connectivity index (χ1n) is 10.7. The molecule has 2 aromatic heterocycles. The first-order chi connectivity index (χ1) is 14.9. The van der Waals surface area contributed by atoms with Gasteiger partial charge in [0, 0.05) is 62.6 Å². The number of amides is 1. The number of carbonyl (C=O) groups excluding carboxylic acids is 1. The Kier molecular flexibility index (Phi) is 4.68. The van der Waals surface area contributed by atoms with Crippen LogP contribution in [0.25, 0.3) is 11.3 Å². The van der Waals surface area contributed by atoms with Gasteiger partial charge in [0.2, 0.25) is 5.88 Å². The summed E-state index contributed by atoms with van der Waals surface area (Å²) in [5.41, 5.74) is 3.23. The SMILES string of the molecule is CC(C)Oc1ccc(C(=O)N2CCC3(CC2)Oc2ccccc2-c2nn(C)cc23)cn1. The van der Waals surface area contributed by atoms with Crippen molar-refractivity contribution in [1.29, 1.82) is 0 Å². The molecule has 0 aliphatic carbocycles. The van der Waals surface area contributed by atoms with Crippen LogP contribution < -0.4 is 9.47 Å². The lowest BCUT2D eigenvalue weighted by atomic mass is 9.81. The van der Waals surface area contributed by atoms with Crippen molar-refractivity contribution in [2.24, 2.45) is 7.05 Å². The number of aromatic nitrogens is 3. The number of piperidine rings is 1. The average Bonchev–Trinajstić information content (AvgIpc) is 3.17. The molecule has 0 N–H and O–H groups in total. The number of rotatable bonds is 3. The summed E-state index contributed by atoms with van der Waals surface area (Å²) in [7, 11) is 1.94. The Morgan fingerprint density at radius 1 is 1.16 bits per heavy atom. The number of ether oxygens (including phenoxy) is 2. The number of nitrogens with zero attached hydrogens (tertiary/aromatic N) is 4. The van der Waals surface area contributed by atoms with Gasteiger partial charge >= 0.3 is 0 Å². The van der Waals surface area contributed by atoms with Crippen LogP contribution in [0.1, 0.15) is 42.6 Å². The summed E-state index contributed by atoms with van der Waals surface area (Å²) in [5.74, 6) is 1.38. The molecule has 160 valence electrons. The first kappa shape index (κ1) is 19.6. The Bertz CT molecular complexity index is 1110. The molecular formula is C24H26N4O3. The highest BCUT2D eigenvalue weighted by Gasteiger charge is 2.45. The third-order valence-electron chi connectivity index (χ3n) is 5.97. The van der Waals surface area contributed by atoms with Crippen LogP contribution in [-0.4, -0.2) is 44.8 Å². The minimum Gasteiger partial charge on any atom is -0.482 e. The number of aryl methyl sites for hydroxylation is 1. The summed E-state index contributed by atoms with van der Waals surface area (Å²) in [6.07, 6.45) is 5.13. The van der Waals surface area contributed by atoms with Crippen molar-refractivity contribution in [3.8, 4) is 22.9 Å². The second-order valence-electron chi connectivity index (χ2n) is 8.50. The summed E-state index contributed by atoms with van der Waals surface area (Å²) < 4.78 is 14.0. The minimum absolute atomic E-state index is 0.0129. The summed E-state index contributed by atoms with van der Waals surface area (Å²) >= 11 is 0. The Morgan fingerprint density at radius 2 is 1.94 bits per heavy atom. The van der Waals surface area contributed by atoms with Gasteiger partial charge in [0.15, 0.2) is 0 Å². The lowest BCUT2D eigenvalue weighted by Crippen LogP contribution is -2.49. The largest absolute Gasteiger partial charge is 0.482 e. The van der Waals surface area contributed by atoms with Crippen molar-refractivity contribution in [3.05, 3.63) is 59.9 Å². The maximum Gasteiger partial charge on any atom is 0.255 e. The lowest BCUT2D eigenvalue weighted by molar-refractivity contribution is -0.00167. The van der Waals surface area contributed by atoms with E-state index in [0.717, 1.165) is 22.6 Å². The zero-order chi connectivity index (χ0) is 21.6. The zero-order valence-electron chi connectivity index (χ0n) is 18.0. The quantitative estimate of drug-likeness (QED) is 0.647. The third-order valence-corrected chi connectivity index (χ3v) is 5.97. The van der Waals surface area contributed by atoms with E-state index in [-0.39, 0.29) is 12.0 Å². The Morgan fingerprint density at radius 3 is 2.65 bits per heavy atom. The molecule has 0 radical (unpaired) electrons. The molecule has 7 heteroatoms. The van der Waals surface area contributed by atoms with Gasteiger partial charge < -0.3 is 14.4 Å². The molecule has 0 atom stereocenters. The molecule has 0 unspecified atom stereocenters.